The lowest BCUT2D eigenvalue weighted by atomic mass is 10.1. The SMILES string of the molecule is O=C(O)C(NF)c1ccccc1. The molecule has 0 radical (unpaired) electrons. The van der Waals surface area contributed by atoms with Gasteiger partial charge in [-0.25, -0.2) is 0 Å². The highest BCUT2D eigenvalue weighted by molar-refractivity contribution is 5.75. The summed E-state index contributed by atoms with van der Waals surface area (Å²) in [6, 6.07) is 6.87. The molecule has 2 N–H and O–H groups in total. The first-order valence-corrected chi connectivity index (χ1v) is 3.39. The highest BCUT2D eigenvalue weighted by Crippen LogP contribution is 2.11. The van der Waals surface area contributed by atoms with Crippen LogP contribution in [0.3, 0.4) is 0 Å². The molecule has 3 nitrogen and oxygen atoms in total. The minimum Gasteiger partial charge on any atom is -0.480 e. The van der Waals surface area contributed by atoms with E-state index in [1.165, 1.54) is 5.54 Å². The minimum atomic E-state index is -1.27. The fourth-order valence-corrected chi connectivity index (χ4v) is 0.898. The Morgan fingerprint density at radius 2 is 2.00 bits per heavy atom. The van der Waals surface area contributed by atoms with E-state index in [0.29, 0.717) is 5.56 Å². The molecule has 0 aliphatic rings. The van der Waals surface area contributed by atoms with Crippen molar-refractivity contribution in [2.45, 2.75) is 6.04 Å². The molecule has 1 unspecified atom stereocenters. The van der Waals surface area contributed by atoms with E-state index in [4.69, 9.17) is 5.11 Å². The van der Waals surface area contributed by atoms with E-state index < -0.39 is 12.0 Å². The second-order valence-electron chi connectivity index (χ2n) is 2.29. The molecule has 0 saturated carbocycles. The maximum Gasteiger partial charge on any atom is 0.327 e. The summed E-state index contributed by atoms with van der Waals surface area (Å²) in [5, 5.41) is 8.52. The van der Waals surface area contributed by atoms with Gasteiger partial charge in [-0.3, -0.25) is 4.79 Å². The van der Waals surface area contributed by atoms with Gasteiger partial charge in [-0.05, 0) is 5.56 Å². The lowest BCUT2D eigenvalue weighted by molar-refractivity contribution is -0.141. The third kappa shape index (κ3) is 1.79. The Bertz CT molecular complexity index is 263. The van der Waals surface area contributed by atoms with Crippen molar-refractivity contribution in [2.24, 2.45) is 0 Å². The number of carbonyl (C=O) groups is 1. The standard InChI is InChI=1S/C8H8FNO2/c9-10-7(8(11)12)6-4-2-1-3-5-6/h1-5,7,10H,(H,11,12). The fraction of sp³-hybridized carbons (Fsp3) is 0.125. The summed E-state index contributed by atoms with van der Waals surface area (Å²) in [4.78, 5) is 10.4. The quantitative estimate of drug-likeness (QED) is 0.670. The Balaban J connectivity index is 2.88. The number of aliphatic carboxylic acids is 1. The maximum absolute atomic E-state index is 12.0. The Labute approximate surface area is 68.8 Å². The predicted octanol–water partition coefficient (Wildman–Crippen LogP) is 1.29. The van der Waals surface area contributed by atoms with E-state index in [2.05, 4.69) is 0 Å². The molecule has 0 saturated heterocycles. The first-order valence-electron chi connectivity index (χ1n) is 3.39. The average Bonchev–Trinajstić information content (AvgIpc) is 2.07. The van der Waals surface area contributed by atoms with Crippen molar-refractivity contribution in [1.29, 1.82) is 0 Å². The van der Waals surface area contributed by atoms with E-state index in [1.54, 1.807) is 30.3 Å². The van der Waals surface area contributed by atoms with E-state index in [1.807, 2.05) is 0 Å². The molecule has 1 aromatic carbocycles. The van der Waals surface area contributed by atoms with Gasteiger partial charge < -0.3 is 5.11 Å². The summed E-state index contributed by atoms with van der Waals surface area (Å²) in [7, 11) is 0. The van der Waals surface area contributed by atoms with Gasteiger partial charge in [0.1, 0.15) is 0 Å². The average molecular weight is 169 g/mol. The molecule has 64 valence electrons. The van der Waals surface area contributed by atoms with E-state index in [0.717, 1.165) is 0 Å². The largest absolute Gasteiger partial charge is 0.480 e. The smallest absolute Gasteiger partial charge is 0.327 e. The number of carboxylic acids is 1. The first-order chi connectivity index (χ1) is 5.75. The molecule has 1 rings (SSSR count). The molecule has 0 heterocycles. The Hall–Kier alpha value is -1.42. The third-order valence-electron chi connectivity index (χ3n) is 1.49. The number of nitrogens with one attached hydrogen (secondary N) is 1. The van der Waals surface area contributed by atoms with Crippen LogP contribution in [0.1, 0.15) is 11.6 Å². The number of benzene rings is 1. The van der Waals surface area contributed by atoms with Crippen molar-refractivity contribution in [2.75, 3.05) is 0 Å². The van der Waals surface area contributed by atoms with Crippen LogP contribution in [0.15, 0.2) is 30.3 Å². The molecular formula is C8H8FNO2. The number of hydrogen-bond donors (Lipinski definition) is 2. The van der Waals surface area contributed by atoms with Crippen molar-refractivity contribution in [3.8, 4) is 0 Å². The van der Waals surface area contributed by atoms with Crippen molar-refractivity contribution >= 4 is 5.97 Å². The van der Waals surface area contributed by atoms with Crippen LogP contribution in [0.2, 0.25) is 0 Å². The van der Waals surface area contributed by atoms with Crippen LogP contribution in [0.25, 0.3) is 0 Å². The van der Waals surface area contributed by atoms with E-state index in [-0.39, 0.29) is 0 Å². The summed E-state index contributed by atoms with van der Waals surface area (Å²) < 4.78 is 12.0. The summed E-state index contributed by atoms with van der Waals surface area (Å²) in [6.45, 7) is 0. The van der Waals surface area contributed by atoms with Gasteiger partial charge in [0.05, 0.1) is 0 Å². The zero-order chi connectivity index (χ0) is 8.97. The monoisotopic (exact) mass is 169 g/mol. The van der Waals surface area contributed by atoms with Gasteiger partial charge >= 0.3 is 5.97 Å². The number of halogens is 1. The normalized spacial score (nSPS) is 12.4. The molecule has 12 heavy (non-hydrogen) atoms. The molecule has 0 amide bonds. The van der Waals surface area contributed by atoms with Crippen LogP contribution in [0, 0.1) is 0 Å². The number of rotatable bonds is 3. The molecule has 0 aromatic heterocycles. The highest BCUT2D eigenvalue weighted by Gasteiger charge is 2.18. The Morgan fingerprint density at radius 1 is 1.42 bits per heavy atom. The number of carboxylic acid groups (broad SMARTS) is 1. The topological polar surface area (TPSA) is 49.3 Å². The van der Waals surface area contributed by atoms with E-state index in [9.17, 15) is 9.28 Å². The minimum absolute atomic E-state index is 0.396. The maximum atomic E-state index is 12.0. The molecule has 0 bridgehead atoms. The van der Waals surface area contributed by atoms with Crippen LogP contribution >= 0.6 is 0 Å². The summed E-state index contributed by atoms with van der Waals surface area (Å²) in [5.74, 6) is -1.23. The zero-order valence-corrected chi connectivity index (χ0v) is 6.20. The molecule has 1 aromatic rings. The molecule has 0 fully saturated rings. The fourth-order valence-electron chi connectivity index (χ4n) is 0.898. The molecular weight excluding hydrogens is 161 g/mol. The lowest BCUT2D eigenvalue weighted by Gasteiger charge is -2.07. The van der Waals surface area contributed by atoms with Crippen LogP contribution in [0.4, 0.5) is 4.48 Å². The van der Waals surface area contributed by atoms with Crippen LogP contribution in [-0.4, -0.2) is 11.1 Å². The van der Waals surface area contributed by atoms with Gasteiger partial charge in [0.25, 0.3) is 0 Å². The molecule has 0 spiro atoms. The van der Waals surface area contributed by atoms with Crippen molar-refractivity contribution in [3.63, 3.8) is 0 Å². The second-order valence-corrected chi connectivity index (χ2v) is 2.29. The van der Waals surface area contributed by atoms with Gasteiger partial charge in [-0.2, -0.15) is 0 Å². The lowest BCUT2D eigenvalue weighted by Crippen LogP contribution is -2.21. The van der Waals surface area contributed by atoms with Crippen LogP contribution in [0.5, 0.6) is 0 Å². The predicted molar refractivity (Wildman–Crippen MR) is 41.1 cm³/mol. The van der Waals surface area contributed by atoms with Crippen molar-refractivity contribution in [3.05, 3.63) is 35.9 Å². The second kappa shape index (κ2) is 3.82. The van der Waals surface area contributed by atoms with Crippen LogP contribution < -0.4 is 5.54 Å². The molecule has 4 heteroatoms. The van der Waals surface area contributed by atoms with Crippen molar-refractivity contribution < 1.29 is 14.4 Å². The Morgan fingerprint density at radius 3 is 2.42 bits per heavy atom. The number of hydrogen-bond acceptors (Lipinski definition) is 2. The third-order valence-corrected chi connectivity index (χ3v) is 1.49. The summed E-state index contributed by atoms with van der Waals surface area (Å²) in [6.07, 6.45) is 0. The van der Waals surface area contributed by atoms with E-state index >= 15 is 0 Å². The molecule has 0 aliphatic carbocycles. The molecule has 1 atom stereocenters. The van der Waals surface area contributed by atoms with Crippen LogP contribution in [-0.2, 0) is 4.79 Å². The van der Waals surface area contributed by atoms with Gasteiger partial charge in [0, 0.05) is 0 Å². The highest BCUT2D eigenvalue weighted by atomic mass is 19.2. The van der Waals surface area contributed by atoms with Crippen molar-refractivity contribution in [1.82, 2.24) is 5.54 Å². The van der Waals surface area contributed by atoms with Gasteiger partial charge in [0.2, 0.25) is 0 Å². The van der Waals surface area contributed by atoms with Gasteiger partial charge in [0.15, 0.2) is 6.04 Å². The zero-order valence-electron chi connectivity index (χ0n) is 6.20. The summed E-state index contributed by atoms with van der Waals surface area (Å²) in [5.41, 5.74) is 1.61. The Kier molecular flexibility index (Phi) is 2.76. The first kappa shape index (κ1) is 8.67. The molecule has 0 aliphatic heterocycles. The van der Waals surface area contributed by atoms with Gasteiger partial charge in [-0.15, -0.1) is 10.0 Å². The van der Waals surface area contributed by atoms with Gasteiger partial charge in [-0.1, -0.05) is 30.3 Å². The summed E-state index contributed by atoms with van der Waals surface area (Å²) >= 11 is 0.